The molecule has 0 aliphatic carbocycles. The predicted octanol–water partition coefficient (Wildman–Crippen LogP) is 5.32. The molecule has 4 rings (SSSR count). The molecular formula is C28H28N2O4S. The Labute approximate surface area is 209 Å². The minimum absolute atomic E-state index is 0.0448. The number of benzene rings is 3. The zero-order valence-electron chi connectivity index (χ0n) is 19.7. The maximum Gasteiger partial charge on any atom is 0.339 e. The van der Waals surface area contributed by atoms with Crippen LogP contribution in [0.1, 0.15) is 44.7 Å². The zero-order valence-corrected chi connectivity index (χ0v) is 20.5. The third-order valence-electron chi connectivity index (χ3n) is 5.77. The van der Waals surface area contributed by atoms with Gasteiger partial charge in [-0.05, 0) is 61.7 Å². The van der Waals surface area contributed by atoms with E-state index >= 15 is 0 Å². The van der Waals surface area contributed by atoms with Crippen molar-refractivity contribution < 1.29 is 19.1 Å². The van der Waals surface area contributed by atoms with Gasteiger partial charge < -0.3 is 15.0 Å². The normalized spacial score (nSPS) is 12.9. The Morgan fingerprint density at radius 2 is 1.60 bits per heavy atom. The van der Waals surface area contributed by atoms with Gasteiger partial charge in [0.25, 0.3) is 5.91 Å². The average molecular weight is 489 g/mol. The number of hydrogen-bond donors (Lipinski definition) is 1. The third-order valence-corrected chi connectivity index (χ3v) is 6.84. The van der Waals surface area contributed by atoms with E-state index in [2.05, 4.69) is 5.32 Å². The summed E-state index contributed by atoms with van der Waals surface area (Å²) < 4.78 is 5.52. The van der Waals surface area contributed by atoms with Crippen LogP contribution in [0, 0.1) is 6.92 Å². The molecule has 0 atom stereocenters. The summed E-state index contributed by atoms with van der Waals surface area (Å²) in [6.07, 6.45) is 2.11. The van der Waals surface area contributed by atoms with Crippen molar-refractivity contribution in [3.8, 4) is 0 Å². The van der Waals surface area contributed by atoms with Crippen molar-refractivity contribution in [2.24, 2.45) is 0 Å². The molecule has 7 heteroatoms. The van der Waals surface area contributed by atoms with Gasteiger partial charge in [0.15, 0.2) is 0 Å². The van der Waals surface area contributed by atoms with Gasteiger partial charge in [0.2, 0.25) is 5.91 Å². The van der Waals surface area contributed by atoms with Crippen LogP contribution in [0.3, 0.4) is 0 Å². The van der Waals surface area contributed by atoms with Gasteiger partial charge in [-0.3, -0.25) is 9.59 Å². The van der Waals surface area contributed by atoms with Gasteiger partial charge in [0.05, 0.1) is 11.3 Å². The molecule has 35 heavy (non-hydrogen) atoms. The number of aryl methyl sites for hydroxylation is 1. The number of likely N-dealkylation sites (tertiary alicyclic amines) is 1. The fraction of sp³-hybridized carbons (Fsp3) is 0.250. The van der Waals surface area contributed by atoms with E-state index in [1.807, 2.05) is 54.3 Å². The topological polar surface area (TPSA) is 75.7 Å². The number of hydrogen-bond acceptors (Lipinski definition) is 5. The Kier molecular flexibility index (Phi) is 8.21. The highest BCUT2D eigenvalue weighted by Gasteiger charge is 2.19. The molecule has 180 valence electrons. The van der Waals surface area contributed by atoms with E-state index < -0.39 is 5.97 Å². The summed E-state index contributed by atoms with van der Waals surface area (Å²) in [4.78, 5) is 40.1. The van der Waals surface area contributed by atoms with E-state index in [9.17, 15) is 14.4 Å². The summed E-state index contributed by atoms with van der Waals surface area (Å²) in [6.45, 7) is 3.71. The first-order chi connectivity index (χ1) is 17.0. The molecular weight excluding hydrogens is 460 g/mol. The number of nitrogens with zero attached hydrogens (tertiary/aromatic N) is 1. The van der Waals surface area contributed by atoms with Crippen molar-refractivity contribution in [3.63, 3.8) is 0 Å². The highest BCUT2D eigenvalue weighted by molar-refractivity contribution is 8.00. The zero-order chi connectivity index (χ0) is 24.6. The first kappa shape index (κ1) is 24.5. The molecule has 0 radical (unpaired) electrons. The molecule has 2 amide bonds. The average Bonchev–Trinajstić information content (AvgIpc) is 3.43. The third kappa shape index (κ3) is 6.73. The number of anilines is 1. The van der Waals surface area contributed by atoms with E-state index in [1.165, 1.54) is 11.8 Å². The van der Waals surface area contributed by atoms with Crippen LogP contribution in [-0.2, 0) is 16.1 Å². The van der Waals surface area contributed by atoms with Gasteiger partial charge in [0.1, 0.15) is 6.61 Å². The number of ether oxygens (including phenoxy) is 1. The molecule has 1 fully saturated rings. The Hall–Kier alpha value is -3.58. The van der Waals surface area contributed by atoms with E-state index in [-0.39, 0.29) is 24.2 Å². The van der Waals surface area contributed by atoms with E-state index in [0.29, 0.717) is 16.0 Å². The molecule has 6 nitrogen and oxygen atoms in total. The molecule has 1 aliphatic rings. The van der Waals surface area contributed by atoms with Crippen molar-refractivity contribution in [1.29, 1.82) is 0 Å². The molecule has 3 aromatic rings. The smallest absolute Gasteiger partial charge is 0.339 e. The molecule has 1 N–H and O–H groups in total. The SMILES string of the molecule is Cc1ccc(NC(=O)CSc2ccccc2C(=O)OCc2ccc(C(=O)N3CCCC3)cc2)cc1. The number of esters is 1. The van der Waals surface area contributed by atoms with E-state index in [1.54, 1.807) is 30.3 Å². The van der Waals surface area contributed by atoms with Crippen molar-refractivity contribution in [2.45, 2.75) is 31.3 Å². The molecule has 0 aromatic heterocycles. The van der Waals surface area contributed by atoms with Gasteiger partial charge in [0, 0.05) is 29.2 Å². The largest absolute Gasteiger partial charge is 0.457 e. The second kappa shape index (κ2) is 11.7. The number of nitrogens with one attached hydrogen (secondary N) is 1. The molecule has 0 spiro atoms. The van der Waals surface area contributed by atoms with Crippen LogP contribution in [0.25, 0.3) is 0 Å². The monoisotopic (exact) mass is 488 g/mol. The lowest BCUT2D eigenvalue weighted by molar-refractivity contribution is -0.113. The summed E-state index contributed by atoms with van der Waals surface area (Å²) in [7, 11) is 0. The van der Waals surface area contributed by atoms with Crippen LogP contribution in [-0.4, -0.2) is 41.5 Å². The number of carbonyl (C=O) groups is 3. The summed E-state index contributed by atoms with van der Waals surface area (Å²) in [5.74, 6) is -0.386. The molecule has 1 saturated heterocycles. The molecule has 0 saturated carbocycles. The lowest BCUT2D eigenvalue weighted by Gasteiger charge is -2.15. The lowest BCUT2D eigenvalue weighted by atomic mass is 10.1. The molecule has 0 unspecified atom stereocenters. The quantitative estimate of drug-likeness (QED) is 0.343. The van der Waals surface area contributed by atoms with E-state index in [0.717, 1.165) is 42.7 Å². The van der Waals surface area contributed by atoms with Crippen molar-refractivity contribution >= 4 is 35.2 Å². The fourth-order valence-electron chi connectivity index (χ4n) is 3.81. The van der Waals surface area contributed by atoms with Gasteiger partial charge in [-0.2, -0.15) is 0 Å². The number of carbonyl (C=O) groups excluding carboxylic acids is 3. The number of rotatable bonds is 8. The van der Waals surface area contributed by atoms with Gasteiger partial charge in [-0.1, -0.05) is 42.0 Å². The van der Waals surface area contributed by atoms with Crippen LogP contribution >= 0.6 is 11.8 Å². The number of amides is 2. The maximum atomic E-state index is 12.8. The van der Waals surface area contributed by atoms with Gasteiger partial charge >= 0.3 is 5.97 Å². The standard InChI is InChI=1S/C28H28N2O4S/c1-20-8-14-23(15-9-20)29-26(31)19-35-25-7-3-2-6-24(25)28(33)34-18-21-10-12-22(13-11-21)27(32)30-16-4-5-17-30/h2-3,6-15H,4-5,16-19H2,1H3,(H,29,31). The van der Waals surface area contributed by atoms with Crippen LogP contribution in [0.2, 0.25) is 0 Å². The Morgan fingerprint density at radius 3 is 2.31 bits per heavy atom. The van der Waals surface area contributed by atoms with E-state index in [4.69, 9.17) is 4.74 Å². The number of thioether (sulfide) groups is 1. The summed E-state index contributed by atoms with van der Waals surface area (Å²) in [6, 6.07) is 21.9. The second-order valence-corrected chi connectivity index (χ2v) is 9.49. The first-order valence-corrected chi connectivity index (χ1v) is 12.6. The molecule has 1 aliphatic heterocycles. The van der Waals surface area contributed by atoms with Crippen LogP contribution in [0.15, 0.2) is 77.7 Å². The summed E-state index contributed by atoms with van der Waals surface area (Å²) >= 11 is 1.29. The van der Waals surface area contributed by atoms with Crippen molar-refractivity contribution in [1.82, 2.24) is 4.90 Å². The Bertz CT molecular complexity index is 1190. The summed E-state index contributed by atoms with van der Waals surface area (Å²) in [5, 5.41) is 2.86. The Balaban J connectivity index is 1.30. The van der Waals surface area contributed by atoms with Gasteiger partial charge in [-0.15, -0.1) is 11.8 Å². The fourth-order valence-corrected chi connectivity index (χ4v) is 4.65. The first-order valence-electron chi connectivity index (χ1n) is 11.6. The van der Waals surface area contributed by atoms with Gasteiger partial charge in [-0.25, -0.2) is 4.79 Å². The molecule has 0 bridgehead atoms. The molecule has 3 aromatic carbocycles. The minimum Gasteiger partial charge on any atom is -0.457 e. The van der Waals surface area contributed by atoms with Crippen molar-refractivity contribution in [3.05, 3.63) is 95.1 Å². The summed E-state index contributed by atoms with van der Waals surface area (Å²) in [5.41, 5.74) is 3.73. The molecule has 1 heterocycles. The lowest BCUT2D eigenvalue weighted by Crippen LogP contribution is -2.27. The van der Waals surface area contributed by atoms with Crippen molar-refractivity contribution in [2.75, 3.05) is 24.2 Å². The second-order valence-electron chi connectivity index (χ2n) is 8.47. The highest BCUT2D eigenvalue weighted by atomic mass is 32.2. The minimum atomic E-state index is -0.454. The predicted molar refractivity (Wildman–Crippen MR) is 138 cm³/mol. The van der Waals surface area contributed by atoms with Crippen LogP contribution in [0.4, 0.5) is 5.69 Å². The maximum absolute atomic E-state index is 12.8. The van der Waals surface area contributed by atoms with Crippen LogP contribution in [0.5, 0.6) is 0 Å². The Morgan fingerprint density at radius 1 is 0.914 bits per heavy atom. The van der Waals surface area contributed by atoms with Crippen LogP contribution < -0.4 is 5.32 Å². The highest BCUT2D eigenvalue weighted by Crippen LogP contribution is 2.24.